The summed E-state index contributed by atoms with van der Waals surface area (Å²) < 4.78 is 5.44. The average molecular weight is 318 g/mol. The van der Waals surface area contributed by atoms with Crippen LogP contribution in [0.4, 0.5) is 0 Å². The quantitative estimate of drug-likeness (QED) is 0.735. The number of aryl methyl sites for hydroxylation is 2. The second-order valence-electron chi connectivity index (χ2n) is 6.50. The summed E-state index contributed by atoms with van der Waals surface area (Å²) in [5, 5.41) is 21.2. The molecule has 5 heteroatoms. The van der Waals surface area contributed by atoms with E-state index in [1.54, 1.807) is 0 Å². The van der Waals surface area contributed by atoms with E-state index in [9.17, 15) is 15.0 Å². The third-order valence-electron chi connectivity index (χ3n) is 4.86. The third kappa shape index (κ3) is 3.12. The van der Waals surface area contributed by atoms with Crippen molar-refractivity contribution in [2.24, 2.45) is 0 Å². The van der Waals surface area contributed by atoms with E-state index in [0.29, 0.717) is 17.7 Å². The SMILES string of the molecule is CCc1cc2c(C)cc(=O)oc2c(C[NH+]2CCC(O)CC2)c1O. The van der Waals surface area contributed by atoms with Crippen molar-refractivity contribution in [3.8, 4) is 5.75 Å². The number of piperidine rings is 1. The summed E-state index contributed by atoms with van der Waals surface area (Å²) in [5.74, 6) is 0.243. The van der Waals surface area contributed by atoms with Crippen LogP contribution >= 0.6 is 0 Å². The van der Waals surface area contributed by atoms with Crippen molar-refractivity contribution in [3.63, 3.8) is 0 Å². The maximum atomic E-state index is 11.8. The zero-order valence-corrected chi connectivity index (χ0v) is 13.7. The number of nitrogens with one attached hydrogen (secondary N) is 1. The summed E-state index contributed by atoms with van der Waals surface area (Å²) in [6.45, 7) is 6.21. The molecule has 2 aromatic rings. The molecule has 0 aliphatic carbocycles. The molecule has 1 aromatic heterocycles. The lowest BCUT2D eigenvalue weighted by molar-refractivity contribution is -0.919. The van der Waals surface area contributed by atoms with Crippen molar-refractivity contribution in [1.29, 1.82) is 0 Å². The Kier molecular flexibility index (Phi) is 4.41. The second-order valence-corrected chi connectivity index (χ2v) is 6.50. The Morgan fingerprint density at radius 3 is 2.65 bits per heavy atom. The Morgan fingerprint density at radius 2 is 2.00 bits per heavy atom. The van der Waals surface area contributed by atoms with E-state index in [1.165, 1.54) is 11.0 Å². The zero-order valence-electron chi connectivity index (χ0n) is 13.7. The maximum absolute atomic E-state index is 11.8. The highest BCUT2D eigenvalue weighted by molar-refractivity contribution is 5.86. The molecule has 1 fully saturated rings. The fraction of sp³-hybridized carbons (Fsp3) is 0.500. The molecule has 23 heavy (non-hydrogen) atoms. The fourth-order valence-electron chi connectivity index (χ4n) is 3.44. The van der Waals surface area contributed by atoms with E-state index in [4.69, 9.17) is 4.42 Å². The van der Waals surface area contributed by atoms with Crippen LogP contribution in [0.5, 0.6) is 5.75 Å². The molecule has 2 heterocycles. The zero-order chi connectivity index (χ0) is 16.6. The van der Waals surface area contributed by atoms with Gasteiger partial charge in [-0.25, -0.2) is 4.79 Å². The maximum Gasteiger partial charge on any atom is 0.336 e. The monoisotopic (exact) mass is 318 g/mol. The van der Waals surface area contributed by atoms with Gasteiger partial charge in [-0.05, 0) is 30.5 Å². The third-order valence-corrected chi connectivity index (χ3v) is 4.86. The number of rotatable bonds is 3. The minimum atomic E-state index is -0.385. The Morgan fingerprint density at radius 1 is 1.30 bits per heavy atom. The number of aliphatic hydroxyl groups is 1. The first-order valence-corrected chi connectivity index (χ1v) is 8.29. The van der Waals surface area contributed by atoms with Crippen LogP contribution in [0.15, 0.2) is 21.3 Å². The van der Waals surface area contributed by atoms with Crippen LogP contribution in [0.2, 0.25) is 0 Å². The summed E-state index contributed by atoms with van der Waals surface area (Å²) >= 11 is 0. The normalized spacial score (nSPS) is 21.7. The Bertz CT molecular complexity index is 773. The van der Waals surface area contributed by atoms with Crippen LogP contribution in [0.1, 0.15) is 36.5 Å². The molecule has 3 rings (SSSR count). The van der Waals surface area contributed by atoms with Crippen molar-refractivity contribution in [2.75, 3.05) is 13.1 Å². The number of hydrogen-bond acceptors (Lipinski definition) is 4. The predicted octanol–water partition coefficient (Wildman–Crippen LogP) is 0.909. The predicted molar refractivity (Wildman–Crippen MR) is 87.9 cm³/mol. The van der Waals surface area contributed by atoms with Crippen LogP contribution in [0, 0.1) is 6.92 Å². The minimum absolute atomic E-state index is 0.216. The van der Waals surface area contributed by atoms with Crippen LogP contribution in [-0.4, -0.2) is 29.4 Å². The first-order chi connectivity index (χ1) is 11.0. The molecule has 0 atom stereocenters. The molecule has 1 aliphatic rings. The molecule has 0 radical (unpaired) electrons. The van der Waals surface area contributed by atoms with Crippen LogP contribution in [-0.2, 0) is 13.0 Å². The lowest BCUT2D eigenvalue weighted by atomic mass is 9.99. The van der Waals surface area contributed by atoms with Gasteiger partial charge in [-0.15, -0.1) is 0 Å². The summed E-state index contributed by atoms with van der Waals surface area (Å²) in [6, 6.07) is 3.41. The number of aliphatic hydroxyl groups excluding tert-OH is 1. The molecule has 5 nitrogen and oxygen atoms in total. The number of phenols is 1. The van der Waals surface area contributed by atoms with Gasteiger partial charge < -0.3 is 19.5 Å². The summed E-state index contributed by atoms with van der Waals surface area (Å²) in [5.41, 5.74) is 2.58. The number of benzene rings is 1. The van der Waals surface area contributed by atoms with Gasteiger partial charge in [0, 0.05) is 24.3 Å². The van der Waals surface area contributed by atoms with E-state index in [-0.39, 0.29) is 17.5 Å². The van der Waals surface area contributed by atoms with Gasteiger partial charge in [-0.3, -0.25) is 0 Å². The first kappa shape index (κ1) is 16.0. The number of quaternary nitrogens is 1. The number of phenolic OH excluding ortho intramolecular Hbond substituents is 1. The lowest BCUT2D eigenvalue weighted by Crippen LogP contribution is -3.12. The van der Waals surface area contributed by atoms with Crippen molar-refractivity contribution >= 4 is 11.0 Å². The van der Waals surface area contributed by atoms with Crippen LogP contribution < -0.4 is 10.5 Å². The van der Waals surface area contributed by atoms with Crippen molar-refractivity contribution in [2.45, 2.75) is 45.8 Å². The highest BCUT2D eigenvalue weighted by Crippen LogP contribution is 2.32. The first-order valence-electron chi connectivity index (χ1n) is 8.29. The Labute approximate surface area is 135 Å². The molecule has 3 N–H and O–H groups in total. The second kappa shape index (κ2) is 6.34. The van der Waals surface area contributed by atoms with E-state index in [0.717, 1.165) is 48.9 Å². The Balaban J connectivity index is 2.09. The van der Waals surface area contributed by atoms with Crippen LogP contribution in [0.25, 0.3) is 11.0 Å². The van der Waals surface area contributed by atoms with Crippen molar-refractivity contribution < 1.29 is 19.5 Å². The highest BCUT2D eigenvalue weighted by atomic mass is 16.4. The smallest absolute Gasteiger partial charge is 0.336 e. The van der Waals surface area contributed by atoms with Gasteiger partial charge in [0.2, 0.25) is 0 Å². The molecular formula is C18H24NO4+. The standard InChI is InChI=1S/C18H23NO4/c1-3-12-9-14-11(2)8-16(21)23-18(14)15(17(12)22)10-19-6-4-13(20)5-7-19/h8-9,13,20,22H,3-7,10H2,1-2H3/p+1. The topological polar surface area (TPSA) is 75.1 Å². The van der Waals surface area contributed by atoms with E-state index >= 15 is 0 Å². The van der Waals surface area contributed by atoms with Crippen LogP contribution in [0.3, 0.4) is 0 Å². The van der Waals surface area contributed by atoms with Gasteiger partial charge in [0.25, 0.3) is 0 Å². The van der Waals surface area contributed by atoms with E-state index in [2.05, 4.69) is 0 Å². The van der Waals surface area contributed by atoms with E-state index < -0.39 is 0 Å². The van der Waals surface area contributed by atoms with Gasteiger partial charge >= 0.3 is 5.63 Å². The number of aromatic hydroxyl groups is 1. The molecule has 0 saturated carbocycles. The summed E-state index contributed by atoms with van der Waals surface area (Å²) in [4.78, 5) is 13.1. The highest BCUT2D eigenvalue weighted by Gasteiger charge is 2.24. The molecule has 0 bridgehead atoms. The van der Waals surface area contributed by atoms with E-state index in [1.807, 2.05) is 19.9 Å². The average Bonchev–Trinajstić information content (AvgIpc) is 2.52. The molecule has 1 aromatic carbocycles. The Hall–Kier alpha value is -1.85. The summed E-state index contributed by atoms with van der Waals surface area (Å²) in [7, 11) is 0. The van der Waals surface area contributed by atoms with Gasteiger partial charge in [0.15, 0.2) is 5.58 Å². The molecule has 0 spiro atoms. The fourth-order valence-corrected chi connectivity index (χ4v) is 3.44. The molecule has 0 unspecified atom stereocenters. The lowest BCUT2D eigenvalue weighted by Gasteiger charge is -2.27. The molecule has 124 valence electrons. The number of likely N-dealkylation sites (tertiary alicyclic amines) is 1. The van der Waals surface area contributed by atoms with Gasteiger partial charge in [0.1, 0.15) is 12.3 Å². The minimum Gasteiger partial charge on any atom is -0.507 e. The largest absolute Gasteiger partial charge is 0.507 e. The van der Waals surface area contributed by atoms with Gasteiger partial charge in [-0.1, -0.05) is 6.92 Å². The molecule has 0 amide bonds. The molecule has 1 aliphatic heterocycles. The van der Waals surface area contributed by atoms with Crippen molar-refractivity contribution in [3.05, 3.63) is 39.2 Å². The number of hydrogen-bond donors (Lipinski definition) is 3. The van der Waals surface area contributed by atoms with Crippen molar-refractivity contribution in [1.82, 2.24) is 0 Å². The summed E-state index contributed by atoms with van der Waals surface area (Å²) in [6.07, 6.45) is 2.04. The molecule has 1 saturated heterocycles. The number of fused-ring (bicyclic) bond motifs is 1. The molecular weight excluding hydrogens is 294 g/mol. The van der Waals surface area contributed by atoms with Gasteiger partial charge in [-0.2, -0.15) is 0 Å². The van der Waals surface area contributed by atoms with Gasteiger partial charge in [0.05, 0.1) is 24.8 Å².